The van der Waals surface area contributed by atoms with Crippen molar-refractivity contribution in [3.8, 4) is 0 Å². The van der Waals surface area contributed by atoms with E-state index in [1.165, 1.54) is 4.90 Å². The van der Waals surface area contributed by atoms with Crippen LogP contribution >= 0.6 is 15.9 Å². The minimum absolute atomic E-state index is 0.143. The zero-order valence-corrected chi connectivity index (χ0v) is 19.9. The molecule has 31 heavy (non-hydrogen) atoms. The lowest BCUT2D eigenvalue weighted by molar-refractivity contribution is -0.0411. The average Bonchev–Trinajstić information content (AvgIpc) is 3.35. The van der Waals surface area contributed by atoms with Crippen LogP contribution in [-0.4, -0.2) is 44.2 Å². The second kappa shape index (κ2) is 9.30. The van der Waals surface area contributed by atoms with Crippen LogP contribution in [0.15, 0.2) is 23.1 Å². The molecule has 0 aliphatic carbocycles. The summed E-state index contributed by atoms with van der Waals surface area (Å²) >= 11 is 3.49. The zero-order chi connectivity index (χ0) is 22.0. The van der Waals surface area contributed by atoms with Crippen molar-refractivity contribution < 1.29 is 19.0 Å². The van der Waals surface area contributed by atoms with Gasteiger partial charge in [0.15, 0.2) is 11.0 Å². The number of hydrogen-bond donors (Lipinski definition) is 0. The number of halogens is 1. The Kier molecular flexibility index (Phi) is 6.68. The predicted octanol–water partition coefficient (Wildman–Crippen LogP) is 5.31. The van der Waals surface area contributed by atoms with E-state index >= 15 is 0 Å². The van der Waals surface area contributed by atoms with Gasteiger partial charge in [0.2, 0.25) is 0 Å². The van der Waals surface area contributed by atoms with Crippen molar-refractivity contribution in [3.05, 3.63) is 23.1 Å². The predicted molar refractivity (Wildman–Crippen MR) is 118 cm³/mol. The van der Waals surface area contributed by atoms with E-state index in [0.29, 0.717) is 23.8 Å². The standard InChI is InChI=1S/C21H30BrN5O4/c1-21(2,3)31-20(28)26(15-9-8-12-25(15)16-10-4-6-13-29-16)19-23-18(22)27(24-19)17-11-5-7-14-30-17/h8-9,12,16-17H,4-7,10-11,13-14H2,1-3H3. The summed E-state index contributed by atoms with van der Waals surface area (Å²) in [6.45, 7) is 6.90. The highest BCUT2D eigenvalue weighted by Gasteiger charge is 2.33. The summed E-state index contributed by atoms with van der Waals surface area (Å²) in [5.41, 5.74) is -0.666. The summed E-state index contributed by atoms with van der Waals surface area (Å²) in [5.74, 6) is 0.835. The van der Waals surface area contributed by atoms with Crippen LogP contribution in [0, 0.1) is 0 Å². The molecule has 0 saturated carbocycles. The summed E-state index contributed by atoms with van der Waals surface area (Å²) in [4.78, 5) is 19.3. The second-order valence-corrected chi connectivity index (χ2v) is 9.57. The molecule has 0 N–H and O–H groups in total. The number of anilines is 2. The molecule has 2 aliphatic heterocycles. The van der Waals surface area contributed by atoms with Gasteiger partial charge >= 0.3 is 6.09 Å². The van der Waals surface area contributed by atoms with E-state index in [4.69, 9.17) is 14.2 Å². The van der Waals surface area contributed by atoms with Gasteiger partial charge in [-0.05, 0) is 87.4 Å². The second-order valence-electron chi connectivity index (χ2n) is 8.86. The van der Waals surface area contributed by atoms with Crippen molar-refractivity contribution in [1.82, 2.24) is 19.3 Å². The Morgan fingerprint density at radius 3 is 2.45 bits per heavy atom. The fraction of sp³-hybridized carbons (Fsp3) is 0.667. The molecule has 2 unspecified atom stereocenters. The maximum Gasteiger partial charge on any atom is 0.423 e. The molecular formula is C21H30BrN5O4. The maximum atomic E-state index is 13.3. The van der Waals surface area contributed by atoms with Gasteiger partial charge in [-0.15, -0.1) is 5.10 Å². The summed E-state index contributed by atoms with van der Waals surface area (Å²) in [7, 11) is 0. The van der Waals surface area contributed by atoms with E-state index in [-0.39, 0.29) is 18.4 Å². The first-order valence-corrected chi connectivity index (χ1v) is 11.7. The fourth-order valence-corrected chi connectivity index (χ4v) is 4.30. The van der Waals surface area contributed by atoms with Crippen molar-refractivity contribution >= 4 is 33.8 Å². The SMILES string of the molecule is CC(C)(C)OC(=O)N(c1nc(Br)n(C2CCCCO2)n1)c1cccn1C1CCCCO1. The third-order valence-corrected chi connectivity index (χ3v) is 5.78. The Balaban J connectivity index is 1.71. The molecule has 4 rings (SSSR count). The van der Waals surface area contributed by atoms with Gasteiger partial charge in [-0.1, -0.05) is 0 Å². The molecule has 2 aliphatic rings. The third kappa shape index (κ3) is 5.12. The number of hydrogen-bond acceptors (Lipinski definition) is 6. The molecule has 2 saturated heterocycles. The van der Waals surface area contributed by atoms with Gasteiger partial charge in [0.1, 0.15) is 17.6 Å². The molecule has 170 valence electrons. The first-order chi connectivity index (χ1) is 14.8. The highest BCUT2D eigenvalue weighted by atomic mass is 79.9. The van der Waals surface area contributed by atoms with Gasteiger partial charge in [-0.2, -0.15) is 9.88 Å². The number of carbonyl (C=O) groups is 1. The molecule has 10 heteroatoms. The zero-order valence-electron chi connectivity index (χ0n) is 18.3. The van der Waals surface area contributed by atoms with E-state index < -0.39 is 11.7 Å². The molecule has 0 aromatic carbocycles. The van der Waals surface area contributed by atoms with Gasteiger partial charge in [0.05, 0.1) is 0 Å². The van der Waals surface area contributed by atoms with Crippen LogP contribution in [0.2, 0.25) is 0 Å². The lowest BCUT2D eigenvalue weighted by Crippen LogP contribution is -2.36. The first-order valence-electron chi connectivity index (χ1n) is 10.9. The Morgan fingerprint density at radius 1 is 1.16 bits per heavy atom. The van der Waals surface area contributed by atoms with Gasteiger partial charge in [-0.25, -0.2) is 9.48 Å². The van der Waals surface area contributed by atoms with Crippen LogP contribution in [0.3, 0.4) is 0 Å². The summed E-state index contributed by atoms with van der Waals surface area (Å²) in [6, 6.07) is 3.74. The Labute approximate surface area is 190 Å². The highest BCUT2D eigenvalue weighted by Crippen LogP contribution is 2.34. The van der Waals surface area contributed by atoms with Crippen molar-refractivity contribution in [2.75, 3.05) is 18.1 Å². The molecule has 0 radical (unpaired) electrons. The van der Waals surface area contributed by atoms with Crippen LogP contribution in [0.1, 0.15) is 71.8 Å². The molecule has 2 fully saturated rings. The van der Waals surface area contributed by atoms with Crippen molar-refractivity contribution in [2.24, 2.45) is 0 Å². The molecule has 0 bridgehead atoms. The summed E-state index contributed by atoms with van der Waals surface area (Å²) in [6.07, 6.45) is 6.96. The highest BCUT2D eigenvalue weighted by molar-refractivity contribution is 9.10. The van der Waals surface area contributed by atoms with Crippen molar-refractivity contribution in [3.63, 3.8) is 0 Å². The molecule has 1 amide bonds. The van der Waals surface area contributed by atoms with Crippen LogP contribution in [0.4, 0.5) is 16.6 Å². The number of rotatable bonds is 4. The molecule has 4 heterocycles. The van der Waals surface area contributed by atoms with Crippen LogP contribution in [0.25, 0.3) is 0 Å². The minimum atomic E-state index is -0.666. The normalized spacial score (nSPS) is 22.3. The molecule has 2 aromatic rings. The Morgan fingerprint density at radius 2 is 1.84 bits per heavy atom. The number of amides is 1. The van der Waals surface area contributed by atoms with E-state index in [1.807, 2.05) is 43.7 Å². The third-order valence-electron chi connectivity index (χ3n) is 5.23. The van der Waals surface area contributed by atoms with Crippen LogP contribution in [-0.2, 0) is 14.2 Å². The monoisotopic (exact) mass is 495 g/mol. The van der Waals surface area contributed by atoms with Crippen LogP contribution < -0.4 is 4.90 Å². The Bertz CT molecular complexity index is 894. The van der Waals surface area contributed by atoms with Gasteiger partial charge < -0.3 is 18.8 Å². The number of ether oxygens (including phenoxy) is 3. The van der Waals surface area contributed by atoms with Crippen molar-refractivity contribution in [1.29, 1.82) is 0 Å². The summed E-state index contributed by atoms with van der Waals surface area (Å²) in [5, 5.41) is 4.63. The number of carbonyl (C=O) groups excluding carboxylic acids is 1. The lowest BCUT2D eigenvalue weighted by atomic mass is 10.2. The maximum absolute atomic E-state index is 13.3. The molecule has 2 aromatic heterocycles. The van der Waals surface area contributed by atoms with E-state index in [9.17, 15) is 4.79 Å². The minimum Gasteiger partial charge on any atom is -0.443 e. The van der Waals surface area contributed by atoms with Gasteiger partial charge in [-0.3, -0.25) is 0 Å². The van der Waals surface area contributed by atoms with Crippen LogP contribution in [0.5, 0.6) is 0 Å². The lowest BCUT2D eigenvalue weighted by Gasteiger charge is -2.30. The number of nitrogens with zero attached hydrogens (tertiary/aromatic N) is 5. The molecule has 9 nitrogen and oxygen atoms in total. The summed E-state index contributed by atoms with van der Waals surface area (Å²) < 4.78 is 21.7. The fourth-order valence-electron chi connectivity index (χ4n) is 3.83. The molecular weight excluding hydrogens is 466 g/mol. The van der Waals surface area contributed by atoms with Gasteiger partial charge in [0, 0.05) is 19.4 Å². The number of aromatic nitrogens is 4. The average molecular weight is 496 g/mol. The molecule has 0 spiro atoms. The molecule has 2 atom stereocenters. The first kappa shape index (κ1) is 22.3. The smallest absolute Gasteiger partial charge is 0.423 e. The van der Waals surface area contributed by atoms with E-state index in [1.54, 1.807) is 4.68 Å². The quantitative estimate of drug-likeness (QED) is 0.570. The van der Waals surface area contributed by atoms with E-state index in [2.05, 4.69) is 26.0 Å². The topological polar surface area (TPSA) is 83.6 Å². The van der Waals surface area contributed by atoms with E-state index in [0.717, 1.165) is 38.5 Å². The van der Waals surface area contributed by atoms with Gasteiger partial charge in [0.25, 0.3) is 5.95 Å². The largest absolute Gasteiger partial charge is 0.443 e. The Hall–Kier alpha value is -1.91. The van der Waals surface area contributed by atoms with Crippen molar-refractivity contribution in [2.45, 2.75) is 77.4 Å².